The van der Waals surface area contributed by atoms with Crippen molar-refractivity contribution in [1.82, 2.24) is 0 Å². The highest BCUT2D eigenvalue weighted by Gasteiger charge is 2.60. The molecule has 0 saturated heterocycles. The van der Waals surface area contributed by atoms with Crippen LogP contribution in [0.4, 0.5) is 0 Å². The molecule has 4 nitrogen and oxygen atoms in total. The zero-order chi connectivity index (χ0) is 17.9. The number of aliphatic imine (C=N–C) groups is 1. The SMILES string of the molecule is N#Cc1ccc(/C=C2/N=C(C34CC5CC(CC(Cl)(C5)C3)C4)OC2=O)cc1. The van der Waals surface area contributed by atoms with Gasteiger partial charge in [-0.1, -0.05) is 12.1 Å². The number of rotatable bonds is 2. The smallest absolute Gasteiger partial charge is 0.363 e. The lowest BCUT2D eigenvalue weighted by Gasteiger charge is -2.59. The van der Waals surface area contributed by atoms with E-state index in [1.54, 1.807) is 18.2 Å². The van der Waals surface area contributed by atoms with Gasteiger partial charge in [0, 0.05) is 10.3 Å². The molecule has 2 unspecified atom stereocenters. The van der Waals surface area contributed by atoms with Crippen LogP contribution >= 0.6 is 11.6 Å². The molecule has 0 amide bonds. The van der Waals surface area contributed by atoms with Gasteiger partial charge in [-0.3, -0.25) is 0 Å². The molecule has 5 aliphatic rings. The Bertz CT molecular complexity index is 880. The number of alkyl halides is 1. The van der Waals surface area contributed by atoms with Crippen molar-refractivity contribution in [3.05, 3.63) is 41.1 Å². The van der Waals surface area contributed by atoms with Crippen molar-refractivity contribution in [1.29, 1.82) is 5.26 Å². The summed E-state index contributed by atoms with van der Waals surface area (Å²) in [6, 6.07) is 9.17. The zero-order valence-electron chi connectivity index (χ0n) is 14.4. The van der Waals surface area contributed by atoms with Gasteiger partial charge in [0.05, 0.1) is 11.6 Å². The molecule has 1 aliphatic heterocycles. The van der Waals surface area contributed by atoms with Crippen LogP contribution in [0.2, 0.25) is 0 Å². The van der Waals surface area contributed by atoms with Gasteiger partial charge in [0.25, 0.3) is 0 Å². The van der Waals surface area contributed by atoms with Crippen molar-refractivity contribution in [2.45, 2.75) is 43.4 Å². The molecule has 0 radical (unpaired) electrons. The van der Waals surface area contributed by atoms with Gasteiger partial charge in [0.1, 0.15) is 0 Å². The third-order valence-corrected chi connectivity index (χ3v) is 6.85. The highest BCUT2D eigenvalue weighted by molar-refractivity contribution is 6.24. The monoisotopic (exact) mass is 366 g/mol. The maximum Gasteiger partial charge on any atom is 0.363 e. The predicted molar refractivity (Wildman–Crippen MR) is 98.4 cm³/mol. The number of nitriles is 1. The van der Waals surface area contributed by atoms with Gasteiger partial charge in [-0.25, -0.2) is 9.79 Å². The fourth-order valence-electron chi connectivity index (χ4n) is 5.85. The number of ether oxygens (including phenoxy) is 1. The highest BCUT2D eigenvalue weighted by Crippen LogP contribution is 2.64. The van der Waals surface area contributed by atoms with Gasteiger partial charge in [0.15, 0.2) is 5.70 Å². The second kappa shape index (κ2) is 5.44. The van der Waals surface area contributed by atoms with Crippen molar-refractivity contribution >= 4 is 29.5 Å². The van der Waals surface area contributed by atoms with Gasteiger partial charge < -0.3 is 4.74 Å². The zero-order valence-corrected chi connectivity index (χ0v) is 15.1. The van der Waals surface area contributed by atoms with Crippen LogP contribution in [0.5, 0.6) is 0 Å². The minimum Gasteiger partial charge on any atom is -0.406 e. The fourth-order valence-corrected chi connectivity index (χ4v) is 6.54. The van der Waals surface area contributed by atoms with Crippen molar-refractivity contribution in [3.8, 4) is 6.07 Å². The summed E-state index contributed by atoms with van der Waals surface area (Å²) < 4.78 is 5.65. The summed E-state index contributed by atoms with van der Waals surface area (Å²) in [7, 11) is 0. The number of hydrogen-bond acceptors (Lipinski definition) is 4. The molecular weight excluding hydrogens is 348 g/mol. The van der Waals surface area contributed by atoms with E-state index >= 15 is 0 Å². The van der Waals surface area contributed by atoms with Gasteiger partial charge in [0.2, 0.25) is 5.90 Å². The summed E-state index contributed by atoms with van der Waals surface area (Å²) in [6.07, 6.45) is 8.09. The van der Waals surface area contributed by atoms with E-state index in [1.165, 1.54) is 6.42 Å². The molecule has 0 spiro atoms. The molecular formula is C21H19ClN2O2. The summed E-state index contributed by atoms with van der Waals surface area (Å²) in [5.74, 6) is 1.45. The molecule has 1 aromatic rings. The van der Waals surface area contributed by atoms with E-state index in [1.807, 2.05) is 12.1 Å². The largest absolute Gasteiger partial charge is 0.406 e. The molecule has 6 rings (SSSR count). The number of carbonyl (C=O) groups is 1. The fraction of sp³-hybridized carbons (Fsp3) is 0.476. The maximum absolute atomic E-state index is 12.4. The molecule has 4 aliphatic carbocycles. The Balaban J connectivity index is 1.47. The second-order valence-electron chi connectivity index (χ2n) is 8.46. The van der Waals surface area contributed by atoms with Crippen molar-refractivity contribution in [3.63, 3.8) is 0 Å². The average molecular weight is 367 g/mol. The molecule has 4 saturated carbocycles. The van der Waals surface area contributed by atoms with Crippen LogP contribution in [0.3, 0.4) is 0 Å². The van der Waals surface area contributed by atoms with E-state index < -0.39 is 0 Å². The van der Waals surface area contributed by atoms with Crippen LogP contribution in [-0.4, -0.2) is 16.7 Å². The molecule has 132 valence electrons. The average Bonchev–Trinajstić information content (AvgIpc) is 2.95. The van der Waals surface area contributed by atoms with Crippen molar-refractivity contribution in [2.24, 2.45) is 22.2 Å². The third kappa shape index (κ3) is 2.49. The minimum atomic E-state index is -0.385. The molecule has 4 bridgehead atoms. The van der Waals surface area contributed by atoms with Crippen molar-refractivity contribution < 1.29 is 9.53 Å². The van der Waals surface area contributed by atoms with Gasteiger partial charge in [-0.05, 0) is 74.1 Å². The van der Waals surface area contributed by atoms with E-state index in [-0.39, 0.29) is 16.3 Å². The Morgan fingerprint density at radius 1 is 1.19 bits per heavy atom. The lowest BCUT2D eigenvalue weighted by atomic mass is 9.49. The molecule has 0 aromatic heterocycles. The molecule has 4 fully saturated rings. The van der Waals surface area contributed by atoms with Crippen molar-refractivity contribution in [2.75, 3.05) is 0 Å². The molecule has 0 N–H and O–H groups in total. The second-order valence-corrected chi connectivity index (χ2v) is 9.26. The van der Waals surface area contributed by atoms with Crippen LogP contribution in [0.1, 0.15) is 49.7 Å². The molecule has 2 atom stereocenters. The quantitative estimate of drug-likeness (QED) is 0.442. The Labute approximate surface area is 157 Å². The standard InChI is InChI=1S/C21H19ClN2O2/c22-21-9-15-5-16(10-21)8-20(7-15,12-21)19-24-17(18(25)26-19)6-13-1-3-14(11-23)4-2-13/h1-4,6,15-16H,5,7-10,12H2/b17-6+. The lowest BCUT2D eigenvalue weighted by molar-refractivity contribution is -0.131. The first-order chi connectivity index (χ1) is 12.5. The van der Waals surface area contributed by atoms with E-state index in [0.29, 0.717) is 29.0 Å². The topological polar surface area (TPSA) is 62.4 Å². The summed E-state index contributed by atoms with van der Waals surface area (Å²) in [5.41, 5.74) is 1.59. The first kappa shape index (κ1) is 16.1. The van der Waals surface area contributed by atoms with E-state index in [9.17, 15) is 4.79 Å². The van der Waals surface area contributed by atoms with Crippen LogP contribution in [0.25, 0.3) is 6.08 Å². The Hall–Kier alpha value is -2.12. The number of halogens is 1. The number of nitrogens with zero attached hydrogens (tertiary/aromatic N) is 2. The molecule has 1 heterocycles. The number of carbonyl (C=O) groups excluding carboxylic acids is 1. The van der Waals surface area contributed by atoms with E-state index in [2.05, 4.69) is 11.1 Å². The maximum atomic E-state index is 12.4. The lowest BCUT2D eigenvalue weighted by Crippen LogP contribution is -2.56. The normalized spacial score (nSPS) is 39.0. The summed E-state index contributed by atoms with van der Waals surface area (Å²) in [5, 5.41) is 8.89. The van der Waals surface area contributed by atoms with Gasteiger partial charge >= 0.3 is 5.97 Å². The molecule has 26 heavy (non-hydrogen) atoms. The molecule has 1 aromatic carbocycles. The Kier molecular flexibility index (Phi) is 3.36. The van der Waals surface area contributed by atoms with E-state index in [4.69, 9.17) is 21.6 Å². The van der Waals surface area contributed by atoms with E-state index in [0.717, 1.165) is 37.7 Å². The third-order valence-electron chi connectivity index (χ3n) is 6.41. The summed E-state index contributed by atoms with van der Waals surface area (Å²) in [4.78, 5) is 16.9. The number of hydrogen-bond donors (Lipinski definition) is 0. The van der Waals surface area contributed by atoms with Crippen LogP contribution in [0, 0.1) is 28.6 Å². The number of cyclic esters (lactones) is 1. The highest BCUT2D eigenvalue weighted by atomic mass is 35.5. The predicted octanol–water partition coefficient (Wildman–Crippen LogP) is 4.43. The number of esters is 1. The summed E-state index contributed by atoms with van der Waals surface area (Å²) >= 11 is 6.89. The first-order valence-corrected chi connectivity index (χ1v) is 9.57. The number of benzene rings is 1. The Morgan fingerprint density at radius 3 is 2.50 bits per heavy atom. The van der Waals surface area contributed by atoms with Crippen LogP contribution < -0.4 is 0 Å². The summed E-state index contributed by atoms with van der Waals surface area (Å²) in [6.45, 7) is 0. The van der Waals surface area contributed by atoms with Gasteiger partial charge in [-0.2, -0.15) is 5.26 Å². The Morgan fingerprint density at radius 2 is 1.88 bits per heavy atom. The van der Waals surface area contributed by atoms with Gasteiger partial charge in [-0.15, -0.1) is 11.6 Å². The van der Waals surface area contributed by atoms with Crippen LogP contribution in [0.15, 0.2) is 35.0 Å². The molecule has 5 heteroatoms. The minimum absolute atomic E-state index is 0.140. The van der Waals surface area contributed by atoms with Crippen LogP contribution in [-0.2, 0) is 9.53 Å². The first-order valence-electron chi connectivity index (χ1n) is 9.19.